The van der Waals surface area contributed by atoms with Crippen LogP contribution in [0, 0.1) is 20.8 Å². The molecule has 1 amide bonds. The molecule has 2 N–H and O–H groups in total. The fourth-order valence-corrected chi connectivity index (χ4v) is 2.35. The summed E-state index contributed by atoms with van der Waals surface area (Å²) in [5.41, 5.74) is 5.52. The Hall–Kier alpha value is -3.21. The summed E-state index contributed by atoms with van der Waals surface area (Å²) in [6, 6.07) is 15.3. The molecule has 0 atom stereocenters. The summed E-state index contributed by atoms with van der Waals surface area (Å²) in [7, 11) is 0. The minimum absolute atomic E-state index is 0.269. The Morgan fingerprint density at radius 1 is 0.840 bits per heavy atom. The van der Waals surface area contributed by atoms with E-state index in [0.717, 1.165) is 16.9 Å². The third kappa shape index (κ3) is 4.20. The summed E-state index contributed by atoms with van der Waals surface area (Å²) in [5.74, 6) is 0.307. The van der Waals surface area contributed by atoms with Gasteiger partial charge in [-0.15, -0.1) is 0 Å². The van der Waals surface area contributed by atoms with Crippen LogP contribution >= 0.6 is 0 Å². The normalized spacial score (nSPS) is 10.4. The summed E-state index contributed by atoms with van der Waals surface area (Å²) in [6.07, 6.45) is 1.38. The molecule has 3 aromatic rings. The number of nitrogens with zero attached hydrogens (tertiary/aromatic N) is 2. The Balaban J connectivity index is 1.75. The zero-order chi connectivity index (χ0) is 17.8. The number of benzene rings is 2. The van der Waals surface area contributed by atoms with E-state index >= 15 is 0 Å². The van der Waals surface area contributed by atoms with Crippen LogP contribution in [0.15, 0.2) is 54.9 Å². The van der Waals surface area contributed by atoms with Gasteiger partial charge in [-0.3, -0.25) is 4.79 Å². The van der Waals surface area contributed by atoms with Gasteiger partial charge in [-0.2, -0.15) is 0 Å². The molecule has 0 aliphatic heterocycles. The van der Waals surface area contributed by atoms with Crippen molar-refractivity contribution >= 4 is 23.1 Å². The topological polar surface area (TPSA) is 66.9 Å². The van der Waals surface area contributed by atoms with Crippen LogP contribution in [0.4, 0.5) is 17.2 Å². The molecule has 0 spiro atoms. The van der Waals surface area contributed by atoms with E-state index in [0.29, 0.717) is 11.5 Å². The number of aryl methyl sites for hydroxylation is 3. The highest BCUT2D eigenvalue weighted by molar-refractivity contribution is 6.03. The molecule has 0 aliphatic carbocycles. The SMILES string of the molecule is Cc1ccc(NC(=O)c2cc(Nc3ccc(C)c(C)c3)ncn2)cc1. The monoisotopic (exact) mass is 332 g/mol. The van der Waals surface area contributed by atoms with Crippen molar-refractivity contribution in [2.24, 2.45) is 0 Å². The molecular weight excluding hydrogens is 312 g/mol. The molecule has 0 fully saturated rings. The fraction of sp³-hybridized carbons (Fsp3) is 0.150. The van der Waals surface area contributed by atoms with Crippen molar-refractivity contribution in [1.29, 1.82) is 0 Å². The van der Waals surface area contributed by atoms with E-state index in [2.05, 4.69) is 34.4 Å². The van der Waals surface area contributed by atoms with Crippen LogP contribution in [-0.4, -0.2) is 15.9 Å². The lowest BCUT2D eigenvalue weighted by Crippen LogP contribution is -2.14. The highest BCUT2D eigenvalue weighted by Crippen LogP contribution is 2.19. The molecule has 0 saturated heterocycles. The second-order valence-electron chi connectivity index (χ2n) is 6.03. The Kier molecular flexibility index (Phi) is 4.75. The summed E-state index contributed by atoms with van der Waals surface area (Å²) in [5, 5.41) is 6.04. The second-order valence-corrected chi connectivity index (χ2v) is 6.03. The number of aromatic nitrogens is 2. The van der Waals surface area contributed by atoms with Crippen LogP contribution in [-0.2, 0) is 0 Å². The van der Waals surface area contributed by atoms with Crippen molar-refractivity contribution < 1.29 is 4.79 Å². The van der Waals surface area contributed by atoms with Gasteiger partial charge in [0.25, 0.3) is 5.91 Å². The number of carbonyl (C=O) groups excluding carboxylic acids is 1. The lowest BCUT2D eigenvalue weighted by atomic mass is 10.1. The Morgan fingerprint density at radius 2 is 1.56 bits per heavy atom. The number of nitrogens with one attached hydrogen (secondary N) is 2. The molecule has 1 heterocycles. The molecule has 2 aromatic carbocycles. The molecule has 25 heavy (non-hydrogen) atoms. The fourth-order valence-electron chi connectivity index (χ4n) is 2.35. The number of hydrogen-bond acceptors (Lipinski definition) is 4. The van der Waals surface area contributed by atoms with Gasteiger partial charge in [0.1, 0.15) is 17.8 Å². The largest absolute Gasteiger partial charge is 0.340 e. The standard InChI is InChI=1S/C20H20N4O/c1-13-4-7-16(8-5-13)24-20(25)18-11-19(22-12-21-18)23-17-9-6-14(2)15(3)10-17/h4-12H,1-3H3,(H,24,25)(H,21,22,23). The van der Waals surface area contributed by atoms with Gasteiger partial charge in [-0.1, -0.05) is 23.8 Å². The predicted molar refractivity (Wildman–Crippen MR) is 100 cm³/mol. The molecule has 0 radical (unpaired) electrons. The molecule has 0 aliphatic rings. The van der Waals surface area contributed by atoms with Gasteiger partial charge in [-0.05, 0) is 56.2 Å². The first-order valence-electron chi connectivity index (χ1n) is 8.05. The smallest absolute Gasteiger partial charge is 0.274 e. The molecule has 0 bridgehead atoms. The van der Waals surface area contributed by atoms with E-state index in [-0.39, 0.29) is 5.91 Å². The van der Waals surface area contributed by atoms with Gasteiger partial charge in [-0.25, -0.2) is 9.97 Å². The molecule has 1 aromatic heterocycles. The van der Waals surface area contributed by atoms with Crippen LogP contribution in [0.5, 0.6) is 0 Å². The van der Waals surface area contributed by atoms with E-state index < -0.39 is 0 Å². The lowest BCUT2D eigenvalue weighted by molar-refractivity contribution is 0.102. The Bertz CT molecular complexity index is 904. The number of carbonyl (C=O) groups is 1. The third-order valence-electron chi connectivity index (χ3n) is 3.99. The maximum Gasteiger partial charge on any atom is 0.274 e. The Labute approximate surface area is 147 Å². The minimum Gasteiger partial charge on any atom is -0.340 e. The maximum atomic E-state index is 12.4. The summed E-state index contributed by atoms with van der Waals surface area (Å²) in [6.45, 7) is 6.12. The Morgan fingerprint density at radius 3 is 2.28 bits per heavy atom. The molecule has 0 saturated carbocycles. The number of hydrogen-bond donors (Lipinski definition) is 2. The van der Waals surface area contributed by atoms with E-state index in [1.165, 1.54) is 17.5 Å². The van der Waals surface area contributed by atoms with Crippen molar-refractivity contribution in [3.05, 3.63) is 77.2 Å². The lowest BCUT2D eigenvalue weighted by Gasteiger charge is -2.09. The van der Waals surface area contributed by atoms with Crippen LogP contribution in [0.2, 0.25) is 0 Å². The van der Waals surface area contributed by atoms with Crippen LogP contribution in [0.1, 0.15) is 27.2 Å². The molecule has 5 heteroatoms. The molecule has 126 valence electrons. The average molecular weight is 332 g/mol. The zero-order valence-electron chi connectivity index (χ0n) is 14.5. The van der Waals surface area contributed by atoms with E-state index in [4.69, 9.17) is 0 Å². The van der Waals surface area contributed by atoms with Crippen molar-refractivity contribution in [2.45, 2.75) is 20.8 Å². The van der Waals surface area contributed by atoms with E-state index in [1.54, 1.807) is 6.07 Å². The quantitative estimate of drug-likeness (QED) is 0.743. The zero-order valence-corrected chi connectivity index (χ0v) is 14.5. The summed E-state index contributed by atoms with van der Waals surface area (Å²) < 4.78 is 0. The number of rotatable bonds is 4. The predicted octanol–water partition coefficient (Wildman–Crippen LogP) is 4.40. The van der Waals surface area contributed by atoms with Gasteiger partial charge in [0.05, 0.1) is 0 Å². The van der Waals surface area contributed by atoms with Crippen molar-refractivity contribution in [3.8, 4) is 0 Å². The average Bonchev–Trinajstić information content (AvgIpc) is 2.60. The van der Waals surface area contributed by atoms with Gasteiger partial charge in [0.15, 0.2) is 0 Å². The van der Waals surface area contributed by atoms with Crippen LogP contribution in [0.3, 0.4) is 0 Å². The van der Waals surface area contributed by atoms with E-state index in [9.17, 15) is 4.79 Å². The minimum atomic E-state index is -0.269. The highest BCUT2D eigenvalue weighted by atomic mass is 16.1. The van der Waals surface area contributed by atoms with Crippen molar-refractivity contribution in [1.82, 2.24) is 9.97 Å². The van der Waals surface area contributed by atoms with Crippen molar-refractivity contribution in [2.75, 3.05) is 10.6 Å². The third-order valence-corrected chi connectivity index (χ3v) is 3.99. The molecule has 0 unspecified atom stereocenters. The van der Waals surface area contributed by atoms with Gasteiger partial charge < -0.3 is 10.6 Å². The maximum absolute atomic E-state index is 12.4. The van der Waals surface area contributed by atoms with Gasteiger partial charge >= 0.3 is 0 Å². The number of amides is 1. The molecular formula is C20H20N4O. The van der Waals surface area contributed by atoms with Crippen LogP contribution in [0.25, 0.3) is 0 Å². The summed E-state index contributed by atoms with van der Waals surface area (Å²) >= 11 is 0. The molecule has 5 nitrogen and oxygen atoms in total. The van der Waals surface area contributed by atoms with Crippen LogP contribution < -0.4 is 10.6 Å². The van der Waals surface area contributed by atoms with E-state index in [1.807, 2.05) is 49.4 Å². The van der Waals surface area contributed by atoms with Gasteiger partial charge in [0.2, 0.25) is 0 Å². The second kappa shape index (κ2) is 7.13. The highest BCUT2D eigenvalue weighted by Gasteiger charge is 2.09. The molecule has 3 rings (SSSR count). The van der Waals surface area contributed by atoms with Gasteiger partial charge in [0, 0.05) is 17.4 Å². The number of anilines is 3. The first-order chi connectivity index (χ1) is 12.0. The summed E-state index contributed by atoms with van der Waals surface area (Å²) in [4.78, 5) is 20.6. The van der Waals surface area contributed by atoms with Crippen molar-refractivity contribution in [3.63, 3.8) is 0 Å². The first-order valence-corrected chi connectivity index (χ1v) is 8.05. The first kappa shape index (κ1) is 16.6.